The number of benzene rings is 1. The second kappa shape index (κ2) is 12.7. The second-order valence-corrected chi connectivity index (χ2v) is 7.11. The van der Waals surface area contributed by atoms with Crippen LogP contribution in [0.1, 0.15) is 30.5 Å². The average Bonchev–Trinajstić information content (AvgIpc) is 2.36. The Morgan fingerprint density at radius 2 is 1.05 bits per heavy atom. The summed E-state index contributed by atoms with van der Waals surface area (Å²) in [6.45, 7) is 4.24. The third kappa shape index (κ3) is 9.42. The summed E-state index contributed by atoms with van der Waals surface area (Å²) < 4.78 is 3.17. The number of carbonyl (C=O) groups is 2. The molecule has 9 heteroatoms. The Labute approximate surface area is 169 Å². The van der Waals surface area contributed by atoms with E-state index >= 15 is 0 Å². The minimum Gasteiger partial charge on any atom is -0.481 e. The molecule has 126 valence electrons. The molecule has 4 N–H and O–H groups in total. The number of halogens is 3. The topological polar surface area (TPSA) is 115 Å². The van der Waals surface area contributed by atoms with E-state index in [1.807, 2.05) is 6.92 Å². The highest BCUT2D eigenvalue weighted by Crippen LogP contribution is 2.31. The number of hydrogen-bond donors (Lipinski definition) is 4. The largest absolute Gasteiger partial charge is 0.481 e. The molecule has 0 aliphatic carbocycles. The van der Waals surface area contributed by atoms with Gasteiger partial charge in [0.25, 0.3) is 11.9 Å². The third-order valence-electron chi connectivity index (χ3n) is 2.03. The number of carboxylic acid groups (broad SMARTS) is 2. The molecule has 1 rings (SSSR count). The van der Waals surface area contributed by atoms with Crippen LogP contribution in [-0.2, 0) is 22.8 Å². The number of aliphatic carboxylic acids is 2. The summed E-state index contributed by atoms with van der Waals surface area (Å²) in [5.41, 5.74) is 2.99. The fraction of sp³-hybridized carbons (Fsp3) is 0.385. The van der Waals surface area contributed by atoms with Crippen molar-refractivity contribution >= 4 is 79.7 Å². The standard InChI is InChI=1S/C9H9I3O2.2C2H4O2/c1-4-7(10)5(2-13)9(12)6(3-14)8(4)11;2*1-2(3)4/h13-14H,2-3H2,1H3;2*1H3,(H,3,4). The predicted molar refractivity (Wildman–Crippen MR) is 108 cm³/mol. The van der Waals surface area contributed by atoms with E-state index in [1.165, 1.54) is 0 Å². The van der Waals surface area contributed by atoms with Crippen LogP contribution >= 0.6 is 67.8 Å². The lowest BCUT2D eigenvalue weighted by atomic mass is 10.1. The van der Waals surface area contributed by atoms with Crippen molar-refractivity contribution in [1.82, 2.24) is 0 Å². The molecule has 1 aromatic carbocycles. The maximum absolute atomic E-state index is 9.24. The highest BCUT2D eigenvalue weighted by molar-refractivity contribution is 14.1. The van der Waals surface area contributed by atoms with E-state index in [0.717, 1.165) is 41.2 Å². The monoisotopic (exact) mass is 650 g/mol. The van der Waals surface area contributed by atoms with Crippen molar-refractivity contribution in [3.8, 4) is 0 Å². The molecule has 0 atom stereocenters. The SMILES string of the molecule is CC(=O)O.CC(=O)O.Cc1c(I)c(CO)c(I)c(CO)c1I. The van der Waals surface area contributed by atoms with Crippen LogP contribution in [0.2, 0.25) is 0 Å². The smallest absolute Gasteiger partial charge is 0.300 e. The first-order valence-electron chi connectivity index (χ1n) is 5.76. The van der Waals surface area contributed by atoms with Crippen molar-refractivity contribution < 1.29 is 30.0 Å². The first kappa shape index (κ1) is 24.5. The lowest BCUT2D eigenvalue weighted by Gasteiger charge is -2.14. The Kier molecular flexibility index (Phi) is 14.1. The highest BCUT2D eigenvalue weighted by atomic mass is 127. The van der Waals surface area contributed by atoms with Gasteiger partial charge in [0.15, 0.2) is 0 Å². The minimum atomic E-state index is -0.833. The zero-order chi connectivity index (χ0) is 18.0. The molecular formula is C13H17I3O6. The van der Waals surface area contributed by atoms with E-state index in [-0.39, 0.29) is 13.2 Å². The summed E-state index contributed by atoms with van der Waals surface area (Å²) in [5, 5.41) is 33.3. The van der Waals surface area contributed by atoms with Crippen LogP contribution in [0, 0.1) is 17.6 Å². The first-order valence-corrected chi connectivity index (χ1v) is 9.00. The lowest BCUT2D eigenvalue weighted by molar-refractivity contribution is -0.135. The van der Waals surface area contributed by atoms with E-state index < -0.39 is 11.9 Å². The lowest BCUT2D eigenvalue weighted by Crippen LogP contribution is -2.05. The van der Waals surface area contributed by atoms with Gasteiger partial charge in [-0.2, -0.15) is 0 Å². The van der Waals surface area contributed by atoms with Crippen LogP contribution in [0.5, 0.6) is 0 Å². The summed E-state index contributed by atoms with van der Waals surface area (Å²) in [4.78, 5) is 18.0. The molecule has 0 aliphatic heterocycles. The predicted octanol–water partition coefficient (Wildman–Crippen LogP) is 2.98. The molecule has 0 aromatic heterocycles. The number of aliphatic hydroxyl groups is 2. The number of carboxylic acids is 2. The van der Waals surface area contributed by atoms with E-state index in [4.69, 9.17) is 19.8 Å². The van der Waals surface area contributed by atoms with Gasteiger partial charge in [-0.05, 0) is 80.3 Å². The Morgan fingerprint density at radius 3 is 1.23 bits per heavy atom. The Hall–Kier alpha value is 0.270. The zero-order valence-electron chi connectivity index (χ0n) is 12.2. The number of rotatable bonds is 2. The molecule has 0 radical (unpaired) electrons. The van der Waals surface area contributed by atoms with Gasteiger partial charge in [0, 0.05) is 35.7 Å². The van der Waals surface area contributed by atoms with Crippen LogP contribution in [0.4, 0.5) is 0 Å². The molecule has 0 aliphatic rings. The summed E-state index contributed by atoms with van der Waals surface area (Å²) in [6.07, 6.45) is 0. The Morgan fingerprint density at radius 1 is 0.818 bits per heavy atom. The second-order valence-electron chi connectivity index (χ2n) is 3.88. The molecule has 0 saturated heterocycles. The summed E-state index contributed by atoms with van der Waals surface area (Å²) in [7, 11) is 0. The molecular weight excluding hydrogens is 633 g/mol. The van der Waals surface area contributed by atoms with Gasteiger partial charge in [0.1, 0.15) is 0 Å². The quantitative estimate of drug-likeness (QED) is 0.367. The molecule has 0 fully saturated rings. The van der Waals surface area contributed by atoms with E-state index in [9.17, 15) is 10.2 Å². The van der Waals surface area contributed by atoms with Gasteiger partial charge in [0.2, 0.25) is 0 Å². The van der Waals surface area contributed by atoms with Gasteiger partial charge in [-0.25, -0.2) is 0 Å². The molecule has 0 saturated carbocycles. The van der Waals surface area contributed by atoms with Crippen LogP contribution < -0.4 is 0 Å². The normalized spacial score (nSPS) is 9.09. The van der Waals surface area contributed by atoms with Crippen molar-refractivity contribution in [3.05, 3.63) is 27.4 Å². The zero-order valence-corrected chi connectivity index (χ0v) is 18.6. The van der Waals surface area contributed by atoms with Crippen molar-refractivity contribution in [1.29, 1.82) is 0 Å². The Bertz CT molecular complexity index is 480. The molecule has 0 amide bonds. The van der Waals surface area contributed by atoms with Gasteiger partial charge in [-0.3, -0.25) is 9.59 Å². The molecule has 0 unspecified atom stereocenters. The van der Waals surface area contributed by atoms with Crippen molar-refractivity contribution in [2.45, 2.75) is 34.0 Å². The molecule has 22 heavy (non-hydrogen) atoms. The molecule has 6 nitrogen and oxygen atoms in total. The fourth-order valence-corrected chi connectivity index (χ4v) is 5.05. The molecule has 1 aromatic rings. The Balaban J connectivity index is 0. The van der Waals surface area contributed by atoms with Gasteiger partial charge in [-0.1, -0.05) is 0 Å². The number of aliphatic hydroxyl groups excluding tert-OH is 2. The van der Waals surface area contributed by atoms with E-state index in [1.54, 1.807) is 0 Å². The summed E-state index contributed by atoms with van der Waals surface area (Å²) in [6, 6.07) is 0. The van der Waals surface area contributed by atoms with Crippen molar-refractivity contribution in [3.63, 3.8) is 0 Å². The van der Waals surface area contributed by atoms with E-state index in [0.29, 0.717) is 0 Å². The van der Waals surface area contributed by atoms with Gasteiger partial charge < -0.3 is 20.4 Å². The summed E-state index contributed by atoms with van der Waals surface area (Å²) in [5.74, 6) is -1.67. The minimum absolute atomic E-state index is 0.0291. The number of hydrogen-bond acceptors (Lipinski definition) is 4. The van der Waals surface area contributed by atoms with Crippen LogP contribution in [0.15, 0.2) is 0 Å². The van der Waals surface area contributed by atoms with Crippen LogP contribution in [-0.4, -0.2) is 32.4 Å². The van der Waals surface area contributed by atoms with Crippen LogP contribution in [0.3, 0.4) is 0 Å². The van der Waals surface area contributed by atoms with Crippen molar-refractivity contribution in [2.75, 3.05) is 0 Å². The van der Waals surface area contributed by atoms with Crippen molar-refractivity contribution in [2.24, 2.45) is 0 Å². The van der Waals surface area contributed by atoms with Gasteiger partial charge >= 0.3 is 0 Å². The molecule has 0 heterocycles. The molecule has 0 spiro atoms. The van der Waals surface area contributed by atoms with Gasteiger partial charge in [0.05, 0.1) is 13.2 Å². The van der Waals surface area contributed by atoms with E-state index in [2.05, 4.69) is 67.8 Å². The third-order valence-corrected chi connectivity index (χ3v) is 6.26. The first-order chi connectivity index (χ1) is 10.0. The maximum Gasteiger partial charge on any atom is 0.300 e. The van der Waals surface area contributed by atoms with Gasteiger partial charge in [-0.15, -0.1) is 0 Å². The summed E-state index contributed by atoms with van der Waals surface area (Å²) >= 11 is 6.66. The molecule has 0 bridgehead atoms. The highest BCUT2D eigenvalue weighted by Gasteiger charge is 2.16. The van der Waals surface area contributed by atoms with Crippen LogP contribution in [0.25, 0.3) is 0 Å². The fourth-order valence-electron chi connectivity index (χ4n) is 1.20. The average molecular weight is 650 g/mol. The maximum atomic E-state index is 9.24.